The smallest absolute Gasteiger partial charge is 0.307 e. The fourth-order valence-electron chi connectivity index (χ4n) is 2.22. The molecule has 0 unspecified atom stereocenters. The molecule has 0 aliphatic heterocycles. The van der Waals surface area contributed by atoms with E-state index in [1.807, 2.05) is 44.2 Å². The van der Waals surface area contributed by atoms with Crippen LogP contribution in [0.5, 0.6) is 0 Å². The van der Waals surface area contributed by atoms with Gasteiger partial charge >= 0.3 is 6.09 Å². The molecule has 0 radical (unpaired) electrons. The van der Waals surface area contributed by atoms with Crippen LogP contribution in [-0.4, -0.2) is 29.8 Å². The van der Waals surface area contributed by atoms with E-state index in [1.165, 1.54) is 4.90 Å². The van der Waals surface area contributed by atoms with E-state index in [9.17, 15) is 10.1 Å². The number of carbonyl (C=O) groups excluding carboxylic acids is 1. The molecule has 0 saturated carbocycles. The van der Waals surface area contributed by atoms with Gasteiger partial charge in [-0.3, -0.25) is 4.84 Å². The minimum atomic E-state index is -0.474. The predicted molar refractivity (Wildman–Crippen MR) is 94.1 cm³/mol. The van der Waals surface area contributed by atoms with Crippen LogP contribution in [0.15, 0.2) is 65.4 Å². The van der Waals surface area contributed by atoms with Gasteiger partial charge in [0.1, 0.15) is 11.8 Å². The molecule has 1 aliphatic rings. The second kappa shape index (κ2) is 8.49. The maximum Gasteiger partial charge on any atom is 0.435 e. The van der Waals surface area contributed by atoms with Gasteiger partial charge in [0, 0.05) is 13.1 Å². The van der Waals surface area contributed by atoms with Crippen LogP contribution in [0, 0.1) is 11.3 Å². The highest BCUT2D eigenvalue weighted by molar-refractivity contribution is 6.06. The molecule has 0 atom stereocenters. The summed E-state index contributed by atoms with van der Waals surface area (Å²) in [6.45, 7) is 4.90. The highest BCUT2D eigenvalue weighted by Crippen LogP contribution is 2.21. The summed E-state index contributed by atoms with van der Waals surface area (Å²) in [6, 6.07) is 11.7. The minimum Gasteiger partial charge on any atom is -0.307 e. The van der Waals surface area contributed by atoms with Crippen LogP contribution in [0.1, 0.15) is 19.4 Å². The van der Waals surface area contributed by atoms with E-state index >= 15 is 0 Å². The normalized spacial score (nSPS) is 12.5. The lowest BCUT2D eigenvalue weighted by Gasteiger charge is -2.15. The number of carbonyl (C=O) groups is 1. The summed E-state index contributed by atoms with van der Waals surface area (Å²) >= 11 is 0. The van der Waals surface area contributed by atoms with Crippen molar-refractivity contribution in [2.24, 2.45) is 5.16 Å². The first-order valence-corrected chi connectivity index (χ1v) is 7.79. The zero-order valence-electron chi connectivity index (χ0n) is 13.8. The van der Waals surface area contributed by atoms with Crippen molar-refractivity contribution in [2.75, 3.05) is 13.1 Å². The van der Waals surface area contributed by atoms with Crippen molar-refractivity contribution < 1.29 is 9.63 Å². The lowest BCUT2D eigenvalue weighted by molar-refractivity contribution is 0.110. The second-order valence-electron chi connectivity index (χ2n) is 5.02. The predicted octanol–water partition coefficient (Wildman–Crippen LogP) is 3.92. The van der Waals surface area contributed by atoms with E-state index < -0.39 is 6.09 Å². The summed E-state index contributed by atoms with van der Waals surface area (Å²) in [5.74, 6) is 0. The zero-order chi connectivity index (χ0) is 17.4. The van der Waals surface area contributed by atoms with Crippen LogP contribution in [0.3, 0.4) is 0 Å². The van der Waals surface area contributed by atoms with Crippen LogP contribution >= 0.6 is 0 Å². The molecular weight excluding hydrogens is 302 g/mol. The molecule has 1 amide bonds. The topological polar surface area (TPSA) is 65.7 Å². The summed E-state index contributed by atoms with van der Waals surface area (Å²) in [5, 5.41) is 13.2. The maximum absolute atomic E-state index is 11.7. The van der Waals surface area contributed by atoms with E-state index in [1.54, 1.807) is 24.3 Å². The van der Waals surface area contributed by atoms with Crippen LogP contribution in [0.2, 0.25) is 0 Å². The van der Waals surface area contributed by atoms with E-state index in [-0.39, 0.29) is 0 Å². The molecule has 2 rings (SSSR count). The summed E-state index contributed by atoms with van der Waals surface area (Å²) in [5.41, 5.74) is 2.75. The van der Waals surface area contributed by atoms with E-state index in [0.29, 0.717) is 24.4 Å². The van der Waals surface area contributed by atoms with Gasteiger partial charge in [-0.25, -0.2) is 4.79 Å². The minimum absolute atomic E-state index is 0.474. The Labute approximate surface area is 141 Å². The van der Waals surface area contributed by atoms with Gasteiger partial charge in [-0.15, -0.1) is 0 Å². The van der Waals surface area contributed by atoms with Gasteiger partial charge in [0.15, 0.2) is 0 Å². The third-order valence-electron chi connectivity index (χ3n) is 3.58. The Morgan fingerprint density at radius 1 is 1.12 bits per heavy atom. The number of oxime groups is 1. The van der Waals surface area contributed by atoms with E-state index in [4.69, 9.17) is 4.84 Å². The Hall–Kier alpha value is -3.13. The van der Waals surface area contributed by atoms with Crippen molar-refractivity contribution >= 4 is 17.4 Å². The van der Waals surface area contributed by atoms with E-state index in [2.05, 4.69) is 11.2 Å². The quantitative estimate of drug-likeness (QED) is 0.479. The monoisotopic (exact) mass is 321 g/mol. The standard InChI is InChI=1S/C19H19N3O2/c1-3-22(4-2)19(23)24-21-17-12-10-16(11-13-17)18(14-20)15-8-6-5-7-9-15/h5-13H,3-4H2,1-2H3. The Bertz CT molecular complexity index is 731. The first-order chi connectivity index (χ1) is 11.7. The molecular formula is C19H19N3O2. The van der Waals surface area contributed by atoms with Gasteiger partial charge in [-0.05, 0) is 37.1 Å². The van der Waals surface area contributed by atoms with Crippen molar-refractivity contribution in [3.05, 3.63) is 65.8 Å². The van der Waals surface area contributed by atoms with E-state index in [0.717, 1.165) is 11.1 Å². The molecule has 0 bridgehead atoms. The van der Waals surface area contributed by atoms with Crippen LogP contribution in [0.4, 0.5) is 4.79 Å². The number of amides is 1. The van der Waals surface area contributed by atoms with Crippen LogP contribution in [0.25, 0.3) is 5.57 Å². The Morgan fingerprint density at radius 2 is 1.75 bits per heavy atom. The number of allylic oxidation sites excluding steroid dienone is 6. The van der Waals surface area contributed by atoms with Crippen molar-refractivity contribution in [3.63, 3.8) is 0 Å². The molecule has 0 fully saturated rings. The van der Waals surface area contributed by atoms with Gasteiger partial charge in [0.25, 0.3) is 0 Å². The number of hydrogen-bond donors (Lipinski definition) is 0. The van der Waals surface area contributed by atoms with Gasteiger partial charge in [0.2, 0.25) is 0 Å². The fraction of sp³-hybridized carbons (Fsp3) is 0.211. The number of rotatable bonds is 4. The maximum atomic E-state index is 11.7. The Morgan fingerprint density at radius 3 is 2.29 bits per heavy atom. The largest absolute Gasteiger partial charge is 0.435 e. The number of hydrogen-bond acceptors (Lipinski definition) is 4. The molecule has 0 heterocycles. The zero-order valence-corrected chi connectivity index (χ0v) is 13.8. The molecule has 1 aliphatic carbocycles. The fourth-order valence-corrected chi connectivity index (χ4v) is 2.22. The highest BCUT2D eigenvalue weighted by atomic mass is 16.7. The highest BCUT2D eigenvalue weighted by Gasteiger charge is 2.11. The lowest BCUT2D eigenvalue weighted by atomic mass is 9.97. The molecule has 1 aromatic rings. The van der Waals surface area contributed by atoms with Crippen molar-refractivity contribution in [1.82, 2.24) is 4.90 Å². The molecule has 122 valence electrons. The third kappa shape index (κ3) is 4.20. The third-order valence-corrected chi connectivity index (χ3v) is 3.58. The van der Waals surface area contributed by atoms with Crippen LogP contribution < -0.4 is 0 Å². The molecule has 5 heteroatoms. The average molecular weight is 321 g/mol. The molecule has 0 aromatic heterocycles. The van der Waals surface area contributed by atoms with Crippen molar-refractivity contribution in [3.8, 4) is 6.07 Å². The molecule has 0 saturated heterocycles. The average Bonchev–Trinajstić information content (AvgIpc) is 2.63. The molecule has 1 aromatic carbocycles. The summed E-state index contributed by atoms with van der Waals surface area (Å²) < 4.78 is 0. The summed E-state index contributed by atoms with van der Waals surface area (Å²) in [7, 11) is 0. The molecule has 5 nitrogen and oxygen atoms in total. The number of benzene rings is 1. The van der Waals surface area contributed by atoms with Gasteiger partial charge in [-0.1, -0.05) is 47.6 Å². The molecule has 0 spiro atoms. The molecule has 24 heavy (non-hydrogen) atoms. The van der Waals surface area contributed by atoms with Crippen LogP contribution in [-0.2, 0) is 4.84 Å². The number of nitriles is 1. The van der Waals surface area contributed by atoms with Gasteiger partial charge in [-0.2, -0.15) is 5.26 Å². The summed E-state index contributed by atoms with van der Waals surface area (Å²) in [6.07, 6.45) is 6.53. The number of nitrogens with zero attached hydrogens (tertiary/aromatic N) is 3. The molecule has 0 N–H and O–H groups in total. The first-order valence-electron chi connectivity index (χ1n) is 7.79. The Kier molecular flexibility index (Phi) is 6.09. The van der Waals surface area contributed by atoms with Gasteiger partial charge < -0.3 is 4.90 Å². The summed E-state index contributed by atoms with van der Waals surface area (Å²) in [4.78, 5) is 18.2. The second-order valence-corrected chi connectivity index (χ2v) is 5.02. The Balaban J connectivity index is 2.13. The van der Waals surface area contributed by atoms with Crippen molar-refractivity contribution in [2.45, 2.75) is 13.8 Å². The first kappa shape index (κ1) is 17.2. The lowest BCUT2D eigenvalue weighted by Crippen LogP contribution is -2.30. The van der Waals surface area contributed by atoms with Gasteiger partial charge in [0.05, 0.1) is 5.57 Å². The SMILES string of the molecule is CCN(CC)C(=O)ON=C1C=CC(=C(C#N)c2ccccc2)C=C1. The van der Waals surface area contributed by atoms with Crippen molar-refractivity contribution in [1.29, 1.82) is 5.26 Å².